The van der Waals surface area contributed by atoms with Gasteiger partial charge in [-0.3, -0.25) is 9.79 Å². The van der Waals surface area contributed by atoms with Crippen LogP contribution in [-0.4, -0.2) is 26.0 Å². The third-order valence-corrected chi connectivity index (χ3v) is 2.72. The fourth-order valence-electron chi connectivity index (χ4n) is 1.81. The lowest BCUT2D eigenvalue weighted by atomic mass is 10.1. The Morgan fingerprint density at radius 1 is 1.33 bits per heavy atom. The molecule has 0 aromatic heterocycles. The molecule has 1 aromatic carbocycles. The number of aliphatic imine (C=N–C) groups is 1. The number of hydrogen-bond donors (Lipinski definition) is 3. The van der Waals surface area contributed by atoms with E-state index >= 15 is 0 Å². The van der Waals surface area contributed by atoms with Crippen LogP contribution in [0.5, 0.6) is 0 Å². The maximum atomic E-state index is 11.7. The van der Waals surface area contributed by atoms with Gasteiger partial charge in [0.2, 0.25) is 5.91 Å². The van der Waals surface area contributed by atoms with Crippen molar-refractivity contribution in [3.05, 3.63) is 29.8 Å². The topological polar surface area (TPSA) is 65.5 Å². The van der Waals surface area contributed by atoms with Crippen molar-refractivity contribution in [2.45, 2.75) is 26.8 Å². The average molecular weight is 404 g/mol. The van der Waals surface area contributed by atoms with Gasteiger partial charge >= 0.3 is 0 Å². The van der Waals surface area contributed by atoms with Crippen LogP contribution in [0.25, 0.3) is 0 Å². The molecule has 0 saturated carbocycles. The Hall–Kier alpha value is -1.31. The number of guanidine groups is 1. The first-order valence-corrected chi connectivity index (χ1v) is 6.82. The van der Waals surface area contributed by atoms with Crippen molar-refractivity contribution in [1.82, 2.24) is 10.6 Å². The second-order valence-electron chi connectivity index (χ2n) is 5.02. The van der Waals surface area contributed by atoms with E-state index in [9.17, 15) is 4.79 Å². The number of halogens is 1. The summed E-state index contributed by atoms with van der Waals surface area (Å²) in [4.78, 5) is 15.8. The molecule has 5 nitrogen and oxygen atoms in total. The van der Waals surface area contributed by atoms with Crippen molar-refractivity contribution in [2.75, 3.05) is 19.4 Å². The minimum atomic E-state index is 0. The molecule has 21 heavy (non-hydrogen) atoms. The van der Waals surface area contributed by atoms with Crippen LogP contribution in [0.2, 0.25) is 0 Å². The van der Waals surface area contributed by atoms with E-state index in [0.29, 0.717) is 18.9 Å². The second kappa shape index (κ2) is 10.4. The number of hydrogen-bond acceptors (Lipinski definition) is 2. The van der Waals surface area contributed by atoms with E-state index < -0.39 is 0 Å². The summed E-state index contributed by atoms with van der Waals surface area (Å²) in [6, 6.07) is 7.81. The van der Waals surface area contributed by atoms with E-state index in [1.807, 2.05) is 45.2 Å². The van der Waals surface area contributed by atoms with Gasteiger partial charge in [0.1, 0.15) is 0 Å². The third-order valence-electron chi connectivity index (χ3n) is 2.72. The number of carbonyl (C=O) groups excluding carboxylic acids is 1. The highest BCUT2D eigenvalue weighted by Gasteiger charge is 2.05. The van der Waals surface area contributed by atoms with Crippen molar-refractivity contribution in [3.63, 3.8) is 0 Å². The predicted molar refractivity (Wildman–Crippen MR) is 99.2 cm³/mol. The molecule has 0 aliphatic heterocycles. The van der Waals surface area contributed by atoms with Crippen LogP contribution in [0, 0.1) is 5.92 Å². The molecule has 0 unspecified atom stereocenters. The van der Waals surface area contributed by atoms with Gasteiger partial charge in [-0.05, 0) is 23.6 Å². The van der Waals surface area contributed by atoms with Crippen LogP contribution < -0.4 is 16.0 Å². The molecule has 1 rings (SSSR count). The van der Waals surface area contributed by atoms with Gasteiger partial charge in [-0.25, -0.2) is 0 Å². The summed E-state index contributed by atoms with van der Waals surface area (Å²) in [5, 5.41) is 9.05. The van der Waals surface area contributed by atoms with Crippen LogP contribution in [0.15, 0.2) is 29.3 Å². The van der Waals surface area contributed by atoms with Crippen LogP contribution in [0.4, 0.5) is 5.69 Å². The number of benzene rings is 1. The minimum Gasteiger partial charge on any atom is -0.359 e. The Kier molecular flexibility index (Phi) is 9.77. The SMILES string of the molecule is CN=C(NC)NCc1cccc(NC(=O)CC(C)C)c1.I. The molecule has 1 amide bonds. The van der Waals surface area contributed by atoms with Gasteiger partial charge in [0.25, 0.3) is 0 Å². The molecule has 0 saturated heterocycles. The number of carbonyl (C=O) groups is 1. The maximum absolute atomic E-state index is 11.7. The number of rotatable bonds is 5. The molecule has 0 aliphatic rings. The normalized spacial score (nSPS) is 10.8. The highest BCUT2D eigenvalue weighted by atomic mass is 127. The molecular formula is C15H25IN4O. The monoisotopic (exact) mass is 404 g/mol. The summed E-state index contributed by atoms with van der Waals surface area (Å²) in [5.74, 6) is 1.15. The fourth-order valence-corrected chi connectivity index (χ4v) is 1.81. The summed E-state index contributed by atoms with van der Waals surface area (Å²) in [5.41, 5.74) is 1.91. The molecule has 0 fully saturated rings. The molecule has 0 radical (unpaired) electrons. The molecule has 0 heterocycles. The molecule has 6 heteroatoms. The van der Waals surface area contributed by atoms with Gasteiger partial charge in [-0.2, -0.15) is 0 Å². The van der Waals surface area contributed by atoms with E-state index in [1.54, 1.807) is 7.05 Å². The zero-order chi connectivity index (χ0) is 15.0. The largest absolute Gasteiger partial charge is 0.359 e. The lowest BCUT2D eigenvalue weighted by Gasteiger charge is -2.11. The first-order chi connectivity index (χ1) is 9.55. The van der Waals surface area contributed by atoms with E-state index in [0.717, 1.165) is 17.2 Å². The maximum Gasteiger partial charge on any atom is 0.224 e. The Balaban J connectivity index is 0.00000400. The van der Waals surface area contributed by atoms with Crippen LogP contribution in [0.1, 0.15) is 25.8 Å². The number of nitrogens with one attached hydrogen (secondary N) is 3. The van der Waals surface area contributed by atoms with E-state index in [1.165, 1.54) is 0 Å². The summed E-state index contributed by atoms with van der Waals surface area (Å²) >= 11 is 0. The van der Waals surface area contributed by atoms with Crippen molar-refractivity contribution in [2.24, 2.45) is 10.9 Å². The molecule has 0 bridgehead atoms. The third kappa shape index (κ3) is 7.89. The predicted octanol–water partition coefficient (Wildman–Crippen LogP) is 2.58. The lowest BCUT2D eigenvalue weighted by molar-refractivity contribution is -0.116. The van der Waals surface area contributed by atoms with Gasteiger partial charge in [-0.15, -0.1) is 24.0 Å². The van der Waals surface area contributed by atoms with Crippen molar-refractivity contribution >= 4 is 41.5 Å². The molecule has 0 spiro atoms. The first kappa shape index (κ1) is 19.7. The second-order valence-corrected chi connectivity index (χ2v) is 5.02. The molecule has 118 valence electrons. The molecule has 1 aromatic rings. The van der Waals surface area contributed by atoms with Gasteiger partial charge in [-0.1, -0.05) is 26.0 Å². The Morgan fingerprint density at radius 2 is 2.05 bits per heavy atom. The van der Waals surface area contributed by atoms with Crippen molar-refractivity contribution in [3.8, 4) is 0 Å². The fraction of sp³-hybridized carbons (Fsp3) is 0.467. The number of anilines is 1. The lowest BCUT2D eigenvalue weighted by Crippen LogP contribution is -2.34. The van der Waals surface area contributed by atoms with E-state index in [-0.39, 0.29) is 29.9 Å². The van der Waals surface area contributed by atoms with Crippen molar-refractivity contribution < 1.29 is 4.79 Å². The first-order valence-electron chi connectivity index (χ1n) is 6.82. The summed E-state index contributed by atoms with van der Waals surface area (Å²) < 4.78 is 0. The molecule has 0 aliphatic carbocycles. The van der Waals surface area contributed by atoms with Crippen LogP contribution in [0.3, 0.4) is 0 Å². The highest BCUT2D eigenvalue weighted by Crippen LogP contribution is 2.12. The van der Waals surface area contributed by atoms with E-state index in [2.05, 4.69) is 20.9 Å². The molecule has 3 N–H and O–H groups in total. The standard InChI is InChI=1S/C15H24N4O.HI/c1-11(2)8-14(20)19-13-7-5-6-12(9-13)10-18-15(16-3)17-4;/h5-7,9,11H,8,10H2,1-4H3,(H,19,20)(H2,16,17,18);1H. The quantitative estimate of drug-likeness (QED) is 0.402. The Bertz CT molecular complexity index is 474. The van der Waals surface area contributed by atoms with Gasteiger partial charge in [0.15, 0.2) is 5.96 Å². The Labute approximate surface area is 144 Å². The average Bonchev–Trinajstić information content (AvgIpc) is 2.39. The summed E-state index contributed by atoms with van der Waals surface area (Å²) in [6.07, 6.45) is 0.537. The van der Waals surface area contributed by atoms with Crippen LogP contribution >= 0.6 is 24.0 Å². The molecular weight excluding hydrogens is 379 g/mol. The highest BCUT2D eigenvalue weighted by molar-refractivity contribution is 14.0. The zero-order valence-corrected chi connectivity index (χ0v) is 15.4. The smallest absolute Gasteiger partial charge is 0.224 e. The minimum absolute atomic E-state index is 0. The molecule has 0 atom stereocenters. The number of nitrogens with zero attached hydrogens (tertiary/aromatic N) is 1. The van der Waals surface area contributed by atoms with E-state index in [4.69, 9.17) is 0 Å². The van der Waals surface area contributed by atoms with Gasteiger partial charge in [0.05, 0.1) is 0 Å². The summed E-state index contributed by atoms with van der Waals surface area (Å²) in [7, 11) is 3.54. The Morgan fingerprint density at radius 3 is 2.62 bits per heavy atom. The van der Waals surface area contributed by atoms with Gasteiger partial charge in [0, 0.05) is 32.7 Å². The van der Waals surface area contributed by atoms with Crippen LogP contribution in [-0.2, 0) is 11.3 Å². The van der Waals surface area contributed by atoms with Gasteiger partial charge < -0.3 is 16.0 Å². The number of amides is 1. The van der Waals surface area contributed by atoms with Crippen molar-refractivity contribution in [1.29, 1.82) is 0 Å². The zero-order valence-electron chi connectivity index (χ0n) is 13.1. The summed E-state index contributed by atoms with van der Waals surface area (Å²) in [6.45, 7) is 4.72.